The Morgan fingerprint density at radius 3 is 2.56 bits per heavy atom. The predicted octanol–water partition coefficient (Wildman–Crippen LogP) is 3.77. The van der Waals surface area contributed by atoms with Crippen LogP contribution >= 0.6 is 0 Å². The van der Waals surface area contributed by atoms with Gasteiger partial charge in [0.2, 0.25) is 17.7 Å². The van der Waals surface area contributed by atoms with Crippen LogP contribution in [-0.4, -0.2) is 46.2 Å². The number of pyridine rings is 1. The molecule has 0 unspecified atom stereocenters. The van der Waals surface area contributed by atoms with E-state index in [4.69, 9.17) is 0 Å². The Hall–Kier alpha value is -4.18. The second-order valence-corrected chi connectivity index (χ2v) is 11.6. The van der Waals surface area contributed by atoms with Crippen LogP contribution in [0.2, 0.25) is 0 Å². The second kappa shape index (κ2) is 9.44. The standard InChI is InChI=1S/C31H29F2N5O3/c32-21-10-19(11-22(33)13-21)25-16-35-31(7-1-2-8-31)29(41)38(25)17-26(39)36-23-6-5-18-14-30(15-20(18)12-23)24-4-3-9-34-27(24)37-28(30)40/h3-6,9-13,25,35H,1-2,7-8,14-17H2,(H,36,39)(H,34,37,40)/t25-,30-/m0/s1. The van der Waals surface area contributed by atoms with E-state index in [0.29, 0.717) is 49.3 Å². The van der Waals surface area contributed by atoms with Crippen LogP contribution in [0.3, 0.4) is 0 Å². The van der Waals surface area contributed by atoms with E-state index in [1.54, 1.807) is 12.3 Å². The van der Waals surface area contributed by atoms with Crippen molar-refractivity contribution in [2.24, 2.45) is 0 Å². The van der Waals surface area contributed by atoms with Gasteiger partial charge < -0.3 is 20.9 Å². The number of carbonyl (C=O) groups excluding carboxylic acids is 3. The van der Waals surface area contributed by atoms with Crippen LogP contribution in [0.5, 0.6) is 0 Å². The smallest absolute Gasteiger partial charge is 0.244 e. The van der Waals surface area contributed by atoms with Gasteiger partial charge in [0, 0.05) is 30.1 Å². The number of fused-ring (bicyclic) bond motifs is 3. The fourth-order valence-corrected chi connectivity index (χ4v) is 7.21. The monoisotopic (exact) mass is 557 g/mol. The Bertz CT molecular complexity index is 1580. The van der Waals surface area contributed by atoms with Gasteiger partial charge in [-0.3, -0.25) is 14.4 Å². The van der Waals surface area contributed by atoms with Crippen molar-refractivity contribution in [2.75, 3.05) is 23.7 Å². The molecule has 2 aromatic carbocycles. The fraction of sp³-hybridized carbons (Fsp3) is 0.355. The molecule has 2 atom stereocenters. The van der Waals surface area contributed by atoms with E-state index < -0.39 is 34.5 Å². The highest BCUT2D eigenvalue weighted by Crippen LogP contribution is 2.47. The summed E-state index contributed by atoms with van der Waals surface area (Å²) in [6.45, 7) is 0.0365. The predicted molar refractivity (Wildman–Crippen MR) is 147 cm³/mol. The third kappa shape index (κ3) is 4.20. The van der Waals surface area contributed by atoms with E-state index in [-0.39, 0.29) is 18.4 Å². The maximum atomic E-state index is 14.1. The molecular weight excluding hydrogens is 528 g/mol. The molecule has 8 nitrogen and oxygen atoms in total. The summed E-state index contributed by atoms with van der Waals surface area (Å²) in [7, 11) is 0. The summed E-state index contributed by atoms with van der Waals surface area (Å²) < 4.78 is 28.2. The van der Waals surface area contributed by atoms with Crippen LogP contribution in [-0.2, 0) is 32.6 Å². The van der Waals surface area contributed by atoms with Gasteiger partial charge >= 0.3 is 0 Å². The van der Waals surface area contributed by atoms with Crippen molar-refractivity contribution in [3.05, 3.63) is 88.6 Å². The molecule has 3 heterocycles. The van der Waals surface area contributed by atoms with Crippen molar-refractivity contribution < 1.29 is 23.2 Å². The molecule has 1 saturated carbocycles. The number of rotatable bonds is 4. The first-order chi connectivity index (χ1) is 19.8. The lowest BCUT2D eigenvalue weighted by molar-refractivity contribution is -0.147. The average molecular weight is 558 g/mol. The zero-order valence-corrected chi connectivity index (χ0v) is 22.3. The molecule has 0 radical (unpaired) electrons. The fourth-order valence-electron chi connectivity index (χ4n) is 7.21. The minimum absolute atomic E-state index is 0.0779. The summed E-state index contributed by atoms with van der Waals surface area (Å²) in [4.78, 5) is 45.9. The molecule has 2 fully saturated rings. The molecule has 2 aliphatic carbocycles. The van der Waals surface area contributed by atoms with Crippen molar-refractivity contribution in [3.8, 4) is 0 Å². The topological polar surface area (TPSA) is 103 Å². The molecule has 2 spiro atoms. The molecular formula is C31H29F2N5O3. The van der Waals surface area contributed by atoms with E-state index in [0.717, 1.165) is 35.6 Å². The number of nitrogens with zero attached hydrogens (tertiary/aromatic N) is 2. The second-order valence-electron chi connectivity index (χ2n) is 11.6. The van der Waals surface area contributed by atoms with Gasteiger partial charge in [0.25, 0.3) is 0 Å². The van der Waals surface area contributed by atoms with Crippen molar-refractivity contribution in [1.82, 2.24) is 15.2 Å². The van der Waals surface area contributed by atoms with Crippen LogP contribution in [0.4, 0.5) is 20.3 Å². The summed E-state index contributed by atoms with van der Waals surface area (Å²) in [6, 6.07) is 11.9. The van der Waals surface area contributed by atoms with Gasteiger partial charge in [-0.15, -0.1) is 0 Å². The highest BCUT2D eigenvalue weighted by Gasteiger charge is 2.51. The van der Waals surface area contributed by atoms with Gasteiger partial charge in [0.15, 0.2) is 0 Å². The minimum atomic E-state index is -0.752. The Morgan fingerprint density at radius 2 is 1.78 bits per heavy atom. The number of nitrogens with one attached hydrogen (secondary N) is 3. The number of benzene rings is 2. The number of hydrogen-bond donors (Lipinski definition) is 3. The Kier molecular flexibility index (Phi) is 5.93. The van der Waals surface area contributed by atoms with Crippen molar-refractivity contribution in [3.63, 3.8) is 0 Å². The van der Waals surface area contributed by atoms with Crippen LogP contribution in [0, 0.1) is 11.6 Å². The molecule has 2 aliphatic heterocycles. The first kappa shape index (κ1) is 25.8. The third-order valence-corrected chi connectivity index (χ3v) is 9.19. The van der Waals surface area contributed by atoms with E-state index in [1.807, 2.05) is 24.3 Å². The van der Waals surface area contributed by atoms with Crippen LogP contribution in [0.1, 0.15) is 54.0 Å². The van der Waals surface area contributed by atoms with Crippen molar-refractivity contribution >= 4 is 29.2 Å². The lowest BCUT2D eigenvalue weighted by atomic mass is 9.79. The third-order valence-electron chi connectivity index (χ3n) is 9.19. The van der Waals surface area contributed by atoms with Gasteiger partial charge in [0.05, 0.1) is 17.0 Å². The van der Waals surface area contributed by atoms with Crippen LogP contribution in [0.15, 0.2) is 54.7 Å². The zero-order chi connectivity index (χ0) is 28.4. The van der Waals surface area contributed by atoms with Crippen molar-refractivity contribution in [1.29, 1.82) is 0 Å². The number of halogens is 2. The Balaban J connectivity index is 1.12. The lowest BCUT2D eigenvalue weighted by Crippen LogP contribution is -2.64. The SMILES string of the molecule is O=C(CN1C(=O)C2(CCCC2)NC[C@H]1c1cc(F)cc(F)c1)Nc1ccc2c(c1)C[C@]1(C2)C(=O)Nc2ncccc21. The maximum Gasteiger partial charge on any atom is 0.244 e. The Labute approximate surface area is 235 Å². The first-order valence-corrected chi connectivity index (χ1v) is 14.0. The number of hydrogen-bond acceptors (Lipinski definition) is 5. The summed E-state index contributed by atoms with van der Waals surface area (Å²) in [5.74, 6) is -1.58. The highest BCUT2D eigenvalue weighted by molar-refractivity contribution is 6.06. The van der Waals surface area contributed by atoms with E-state index in [9.17, 15) is 23.2 Å². The minimum Gasteiger partial charge on any atom is -0.325 e. The molecule has 7 rings (SSSR count). The van der Waals surface area contributed by atoms with E-state index in [2.05, 4.69) is 20.9 Å². The van der Waals surface area contributed by atoms with Crippen molar-refractivity contribution in [2.45, 2.75) is 55.5 Å². The molecule has 41 heavy (non-hydrogen) atoms. The number of piperazine rings is 1. The molecule has 3 aromatic rings. The van der Waals surface area contributed by atoms with Crippen LogP contribution in [0.25, 0.3) is 0 Å². The summed E-state index contributed by atoms with van der Waals surface area (Å²) in [5.41, 5.74) is 2.26. The van der Waals surface area contributed by atoms with E-state index >= 15 is 0 Å². The maximum absolute atomic E-state index is 14.1. The van der Waals surface area contributed by atoms with Gasteiger partial charge in [-0.2, -0.15) is 0 Å². The molecule has 10 heteroatoms. The number of amides is 3. The molecule has 210 valence electrons. The molecule has 0 bridgehead atoms. The largest absolute Gasteiger partial charge is 0.325 e. The summed E-state index contributed by atoms with van der Waals surface area (Å²) in [6.07, 6.45) is 5.80. The first-order valence-electron chi connectivity index (χ1n) is 14.0. The molecule has 3 amide bonds. The number of aromatic nitrogens is 1. The Morgan fingerprint density at radius 1 is 1.02 bits per heavy atom. The highest BCUT2D eigenvalue weighted by atomic mass is 19.1. The van der Waals surface area contributed by atoms with Gasteiger partial charge in [-0.1, -0.05) is 25.0 Å². The molecule has 3 N–H and O–H groups in total. The molecule has 1 saturated heterocycles. The van der Waals surface area contributed by atoms with E-state index in [1.165, 1.54) is 17.0 Å². The average Bonchev–Trinajstić information content (AvgIpc) is 3.63. The zero-order valence-electron chi connectivity index (χ0n) is 22.3. The quantitative estimate of drug-likeness (QED) is 0.453. The molecule has 1 aromatic heterocycles. The van der Waals surface area contributed by atoms with Gasteiger partial charge in [-0.25, -0.2) is 13.8 Å². The summed E-state index contributed by atoms with van der Waals surface area (Å²) >= 11 is 0. The lowest BCUT2D eigenvalue weighted by Gasteiger charge is -2.45. The van der Waals surface area contributed by atoms with Crippen LogP contribution < -0.4 is 16.0 Å². The van der Waals surface area contributed by atoms with Gasteiger partial charge in [0.1, 0.15) is 24.0 Å². The van der Waals surface area contributed by atoms with Gasteiger partial charge in [-0.05, 0) is 72.7 Å². The number of anilines is 2. The number of carbonyl (C=O) groups is 3. The normalized spacial score (nSPS) is 24.0. The summed E-state index contributed by atoms with van der Waals surface area (Å²) in [5, 5.41) is 9.15. The molecule has 4 aliphatic rings.